The number of nitrogens with one attached hydrogen (secondary N) is 1. The van der Waals surface area contributed by atoms with Gasteiger partial charge in [-0.15, -0.1) is 0 Å². The Balaban J connectivity index is 1.77. The molecule has 0 aliphatic carbocycles. The number of ether oxygens (including phenoxy) is 1. The van der Waals surface area contributed by atoms with Crippen LogP contribution < -0.4 is 10.1 Å². The lowest BCUT2D eigenvalue weighted by atomic mass is 9.93. The largest absolute Gasteiger partial charge is 0.496 e. The van der Waals surface area contributed by atoms with Gasteiger partial charge in [-0.05, 0) is 34.5 Å². The average Bonchev–Trinajstić information content (AvgIpc) is 3.10. The fraction of sp³-hybridized carbons (Fsp3) is 0.250. The molecule has 2 aromatic heterocycles. The van der Waals surface area contributed by atoms with E-state index in [-0.39, 0.29) is 12.1 Å². The molecule has 2 atom stereocenters. The van der Waals surface area contributed by atoms with Crippen LogP contribution >= 0.6 is 0 Å². The van der Waals surface area contributed by atoms with E-state index in [0.717, 1.165) is 23.3 Å². The molecule has 3 heterocycles. The van der Waals surface area contributed by atoms with Crippen LogP contribution in [0.2, 0.25) is 0 Å². The molecule has 0 bridgehead atoms. The predicted octanol–water partition coefficient (Wildman–Crippen LogP) is 2.22. The second-order valence-electron chi connectivity index (χ2n) is 5.42. The molecule has 0 fully saturated rings. The first-order chi connectivity index (χ1) is 11.4. The van der Waals surface area contributed by atoms with E-state index in [0.29, 0.717) is 5.95 Å². The zero-order chi connectivity index (χ0) is 15.6. The van der Waals surface area contributed by atoms with E-state index >= 15 is 0 Å². The molecule has 7 heteroatoms. The summed E-state index contributed by atoms with van der Waals surface area (Å²) in [5.74, 6) is 1.49. The number of rotatable bonds is 3. The lowest BCUT2D eigenvalue weighted by molar-refractivity contribution is 0.377. The summed E-state index contributed by atoms with van der Waals surface area (Å²) in [5.41, 5.74) is 2.18. The minimum absolute atomic E-state index is 0.00241. The van der Waals surface area contributed by atoms with Crippen molar-refractivity contribution < 1.29 is 4.74 Å². The zero-order valence-electron chi connectivity index (χ0n) is 12.6. The summed E-state index contributed by atoms with van der Waals surface area (Å²) in [6, 6.07) is 12.1. The van der Waals surface area contributed by atoms with Crippen molar-refractivity contribution in [2.24, 2.45) is 0 Å². The van der Waals surface area contributed by atoms with Crippen LogP contribution in [0.1, 0.15) is 29.6 Å². The van der Waals surface area contributed by atoms with Crippen molar-refractivity contribution in [1.82, 2.24) is 25.2 Å². The summed E-state index contributed by atoms with van der Waals surface area (Å²) < 4.78 is 7.33. The van der Waals surface area contributed by atoms with Crippen LogP contribution in [0, 0.1) is 0 Å². The fourth-order valence-electron chi connectivity index (χ4n) is 3.04. The molecule has 2 unspecified atom stereocenters. The normalized spacial score (nSPS) is 19.7. The lowest BCUT2D eigenvalue weighted by Gasteiger charge is -2.31. The minimum atomic E-state index is 0.00241. The van der Waals surface area contributed by atoms with Gasteiger partial charge >= 0.3 is 0 Å². The smallest absolute Gasteiger partial charge is 0.244 e. The molecule has 116 valence electrons. The molecule has 0 spiro atoms. The number of hydrogen-bond donors (Lipinski definition) is 1. The second kappa shape index (κ2) is 5.68. The van der Waals surface area contributed by atoms with Crippen molar-refractivity contribution in [1.29, 1.82) is 0 Å². The molecule has 1 N–H and O–H groups in total. The maximum Gasteiger partial charge on any atom is 0.244 e. The molecule has 1 aliphatic heterocycles. The Morgan fingerprint density at radius 2 is 2.13 bits per heavy atom. The van der Waals surface area contributed by atoms with Crippen molar-refractivity contribution in [3.8, 4) is 5.75 Å². The van der Waals surface area contributed by atoms with Gasteiger partial charge in [0.05, 0.1) is 19.2 Å². The molecule has 3 aromatic rings. The predicted molar refractivity (Wildman–Crippen MR) is 84.2 cm³/mol. The molecular weight excluding hydrogens is 292 g/mol. The van der Waals surface area contributed by atoms with Crippen LogP contribution in [-0.2, 0) is 0 Å². The van der Waals surface area contributed by atoms with E-state index in [2.05, 4.69) is 38.0 Å². The van der Waals surface area contributed by atoms with Gasteiger partial charge in [0.25, 0.3) is 0 Å². The van der Waals surface area contributed by atoms with Gasteiger partial charge in [0, 0.05) is 18.0 Å². The minimum Gasteiger partial charge on any atom is -0.496 e. The highest BCUT2D eigenvalue weighted by Crippen LogP contribution is 2.39. The molecule has 23 heavy (non-hydrogen) atoms. The topological polar surface area (TPSA) is 77.8 Å². The van der Waals surface area contributed by atoms with E-state index < -0.39 is 0 Å². The van der Waals surface area contributed by atoms with Gasteiger partial charge in [-0.2, -0.15) is 0 Å². The SMILES string of the molecule is COc1ccccc1C1CC(c2cccnc2)Nc2nnnn21. The van der Waals surface area contributed by atoms with Crippen molar-refractivity contribution >= 4 is 5.95 Å². The van der Waals surface area contributed by atoms with Gasteiger partial charge in [-0.3, -0.25) is 4.98 Å². The van der Waals surface area contributed by atoms with Crippen molar-refractivity contribution in [3.05, 3.63) is 59.9 Å². The average molecular weight is 308 g/mol. The second-order valence-corrected chi connectivity index (χ2v) is 5.42. The van der Waals surface area contributed by atoms with Gasteiger partial charge < -0.3 is 10.1 Å². The number of tetrazole rings is 1. The summed E-state index contributed by atoms with van der Waals surface area (Å²) in [4.78, 5) is 4.21. The number of methoxy groups -OCH3 is 1. The Hall–Kier alpha value is -2.96. The molecule has 1 aromatic carbocycles. The number of fused-ring (bicyclic) bond motifs is 1. The van der Waals surface area contributed by atoms with Crippen molar-refractivity contribution in [2.75, 3.05) is 12.4 Å². The molecule has 0 saturated heterocycles. The molecule has 0 amide bonds. The van der Waals surface area contributed by atoms with Gasteiger partial charge in [0.1, 0.15) is 5.75 Å². The standard InChI is InChI=1S/C16H16N6O/c1-23-15-7-3-2-6-12(15)14-9-13(11-5-4-8-17-10-11)18-16-19-20-21-22(14)16/h2-8,10,13-14H,9H2,1H3,(H,18,19,21). The third kappa shape index (κ3) is 2.40. The summed E-state index contributed by atoms with van der Waals surface area (Å²) in [7, 11) is 1.68. The van der Waals surface area contributed by atoms with Crippen molar-refractivity contribution in [3.63, 3.8) is 0 Å². The lowest BCUT2D eigenvalue weighted by Crippen LogP contribution is -2.28. The van der Waals surface area contributed by atoms with Crippen LogP contribution in [-0.4, -0.2) is 32.3 Å². The van der Waals surface area contributed by atoms with Crippen LogP contribution in [0.25, 0.3) is 0 Å². The Labute approximate surface area is 133 Å². The van der Waals surface area contributed by atoms with E-state index in [4.69, 9.17) is 4.74 Å². The van der Waals surface area contributed by atoms with Crippen LogP contribution in [0.5, 0.6) is 5.75 Å². The zero-order valence-corrected chi connectivity index (χ0v) is 12.6. The first-order valence-corrected chi connectivity index (χ1v) is 7.44. The molecule has 0 saturated carbocycles. The molecule has 1 aliphatic rings. The Bertz CT molecular complexity index is 803. The number of hydrogen-bond acceptors (Lipinski definition) is 6. The van der Waals surface area contributed by atoms with Crippen molar-refractivity contribution in [2.45, 2.75) is 18.5 Å². The highest BCUT2D eigenvalue weighted by Gasteiger charge is 2.32. The summed E-state index contributed by atoms with van der Waals surface area (Å²) in [5, 5.41) is 15.4. The first kappa shape index (κ1) is 13.7. The molecular formula is C16H16N6O. The van der Waals surface area contributed by atoms with E-state index in [1.165, 1.54) is 0 Å². The summed E-state index contributed by atoms with van der Waals surface area (Å²) >= 11 is 0. The number of para-hydroxylation sites is 1. The third-order valence-electron chi connectivity index (χ3n) is 4.14. The van der Waals surface area contributed by atoms with Crippen LogP contribution in [0.15, 0.2) is 48.8 Å². The van der Waals surface area contributed by atoms with Gasteiger partial charge in [0.15, 0.2) is 0 Å². The molecule has 4 rings (SSSR count). The third-order valence-corrected chi connectivity index (χ3v) is 4.14. The summed E-state index contributed by atoms with van der Waals surface area (Å²) in [6.07, 6.45) is 4.45. The van der Waals surface area contributed by atoms with Gasteiger partial charge in [-0.25, -0.2) is 4.68 Å². The first-order valence-electron chi connectivity index (χ1n) is 7.44. The van der Waals surface area contributed by atoms with Crippen LogP contribution in [0.3, 0.4) is 0 Å². The highest BCUT2D eigenvalue weighted by atomic mass is 16.5. The fourth-order valence-corrected chi connectivity index (χ4v) is 3.04. The number of anilines is 1. The van der Waals surface area contributed by atoms with Crippen LogP contribution in [0.4, 0.5) is 5.95 Å². The molecule has 7 nitrogen and oxygen atoms in total. The number of nitrogens with zero attached hydrogens (tertiary/aromatic N) is 5. The number of benzene rings is 1. The Morgan fingerprint density at radius 1 is 1.22 bits per heavy atom. The van der Waals surface area contributed by atoms with Gasteiger partial charge in [0.2, 0.25) is 5.95 Å². The quantitative estimate of drug-likeness (QED) is 0.799. The Kier molecular flexibility index (Phi) is 3.38. The molecule has 0 radical (unpaired) electrons. The maximum absolute atomic E-state index is 5.52. The van der Waals surface area contributed by atoms with Gasteiger partial charge in [-0.1, -0.05) is 29.4 Å². The number of pyridine rings is 1. The van der Waals surface area contributed by atoms with E-state index in [9.17, 15) is 0 Å². The maximum atomic E-state index is 5.52. The van der Waals surface area contributed by atoms with E-state index in [1.54, 1.807) is 13.3 Å². The van der Waals surface area contributed by atoms with E-state index in [1.807, 2.05) is 35.1 Å². The number of aromatic nitrogens is 5. The summed E-state index contributed by atoms with van der Waals surface area (Å²) in [6.45, 7) is 0. The Morgan fingerprint density at radius 3 is 2.96 bits per heavy atom. The highest BCUT2D eigenvalue weighted by molar-refractivity contribution is 5.41. The monoisotopic (exact) mass is 308 g/mol.